The molecular formula is C18H23N5O. The minimum atomic E-state index is -0.267. The molecule has 0 spiro atoms. The highest BCUT2D eigenvalue weighted by molar-refractivity contribution is 5.81. The first-order chi connectivity index (χ1) is 11.3. The van der Waals surface area contributed by atoms with Gasteiger partial charge in [-0.05, 0) is 24.6 Å². The number of anilines is 2. The molecule has 0 atom stereocenters. The van der Waals surface area contributed by atoms with Gasteiger partial charge in [-0.15, -0.1) is 0 Å². The number of hydrazone groups is 1. The van der Waals surface area contributed by atoms with E-state index in [1.807, 2.05) is 45.0 Å². The van der Waals surface area contributed by atoms with Crippen LogP contribution in [0.3, 0.4) is 0 Å². The van der Waals surface area contributed by atoms with Gasteiger partial charge in [0, 0.05) is 24.7 Å². The molecule has 1 aromatic carbocycles. The zero-order chi connectivity index (χ0) is 17.7. The van der Waals surface area contributed by atoms with Gasteiger partial charge in [-0.25, -0.2) is 5.01 Å². The Bertz CT molecular complexity index is 747. The number of nitriles is 1. The predicted molar refractivity (Wildman–Crippen MR) is 96.5 cm³/mol. The van der Waals surface area contributed by atoms with Crippen LogP contribution in [0.1, 0.15) is 44.8 Å². The Morgan fingerprint density at radius 1 is 1.33 bits per heavy atom. The zero-order valence-corrected chi connectivity index (χ0v) is 14.8. The van der Waals surface area contributed by atoms with E-state index in [0.717, 1.165) is 17.8 Å². The van der Waals surface area contributed by atoms with Crippen molar-refractivity contribution in [3.8, 4) is 6.07 Å². The molecule has 0 unspecified atom stereocenters. The minimum absolute atomic E-state index is 0.238. The van der Waals surface area contributed by atoms with E-state index >= 15 is 0 Å². The monoisotopic (exact) mass is 325 g/mol. The SMILES string of the molecule is CCNc1ccc(C=NN(C)c2oc(C(C)(C)C)nc2C#N)cc1. The molecule has 0 aliphatic rings. The van der Waals surface area contributed by atoms with Gasteiger partial charge >= 0.3 is 0 Å². The Labute approximate surface area is 142 Å². The van der Waals surface area contributed by atoms with Crippen molar-refractivity contribution in [2.24, 2.45) is 5.10 Å². The Morgan fingerprint density at radius 3 is 2.54 bits per heavy atom. The van der Waals surface area contributed by atoms with Crippen LogP contribution in [0.15, 0.2) is 33.8 Å². The third kappa shape index (κ3) is 4.13. The van der Waals surface area contributed by atoms with Gasteiger partial charge in [-0.1, -0.05) is 32.9 Å². The Morgan fingerprint density at radius 2 is 2.00 bits per heavy atom. The second-order valence-corrected chi connectivity index (χ2v) is 6.46. The molecule has 0 amide bonds. The molecule has 6 heteroatoms. The molecule has 0 aliphatic heterocycles. The summed E-state index contributed by atoms with van der Waals surface area (Å²) in [5.41, 5.74) is 2.00. The summed E-state index contributed by atoms with van der Waals surface area (Å²) < 4.78 is 5.74. The highest BCUT2D eigenvalue weighted by Crippen LogP contribution is 2.28. The fraction of sp³-hybridized carbons (Fsp3) is 0.389. The van der Waals surface area contributed by atoms with Gasteiger partial charge in [0.05, 0.1) is 6.21 Å². The van der Waals surface area contributed by atoms with E-state index in [1.165, 1.54) is 5.01 Å². The third-order valence-electron chi connectivity index (χ3n) is 3.32. The van der Waals surface area contributed by atoms with Crippen molar-refractivity contribution in [3.05, 3.63) is 41.4 Å². The molecule has 0 radical (unpaired) electrons. The van der Waals surface area contributed by atoms with Crippen molar-refractivity contribution >= 4 is 17.8 Å². The van der Waals surface area contributed by atoms with Crippen LogP contribution in [0.2, 0.25) is 0 Å². The maximum atomic E-state index is 9.25. The number of hydrogen-bond acceptors (Lipinski definition) is 6. The molecule has 126 valence electrons. The molecule has 0 bridgehead atoms. The van der Waals surface area contributed by atoms with E-state index in [1.54, 1.807) is 13.3 Å². The van der Waals surface area contributed by atoms with Crippen LogP contribution in [-0.2, 0) is 5.41 Å². The molecular weight excluding hydrogens is 302 g/mol. The number of benzene rings is 1. The van der Waals surface area contributed by atoms with Crippen LogP contribution in [0, 0.1) is 11.3 Å². The van der Waals surface area contributed by atoms with Crippen LogP contribution < -0.4 is 10.3 Å². The molecule has 0 saturated carbocycles. The average molecular weight is 325 g/mol. The minimum Gasteiger partial charge on any atom is -0.421 e. The van der Waals surface area contributed by atoms with Crippen molar-refractivity contribution in [1.29, 1.82) is 5.26 Å². The molecule has 24 heavy (non-hydrogen) atoms. The Balaban J connectivity index is 2.18. The van der Waals surface area contributed by atoms with Crippen LogP contribution in [0.25, 0.3) is 0 Å². The average Bonchev–Trinajstić information content (AvgIpc) is 2.99. The summed E-state index contributed by atoms with van der Waals surface area (Å²) in [7, 11) is 1.73. The van der Waals surface area contributed by atoms with Crippen LogP contribution in [-0.4, -0.2) is 24.8 Å². The first-order valence-corrected chi connectivity index (χ1v) is 7.88. The van der Waals surface area contributed by atoms with Gasteiger partial charge in [0.25, 0.3) is 5.88 Å². The van der Waals surface area contributed by atoms with Gasteiger partial charge in [0.2, 0.25) is 11.6 Å². The van der Waals surface area contributed by atoms with E-state index in [-0.39, 0.29) is 11.1 Å². The lowest BCUT2D eigenvalue weighted by Crippen LogP contribution is -2.11. The van der Waals surface area contributed by atoms with Gasteiger partial charge < -0.3 is 9.73 Å². The summed E-state index contributed by atoms with van der Waals surface area (Å²) in [4.78, 5) is 4.26. The quantitative estimate of drug-likeness (QED) is 0.669. The predicted octanol–water partition coefficient (Wildman–Crippen LogP) is 3.75. The van der Waals surface area contributed by atoms with E-state index in [4.69, 9.17) is 4.42 Å². The fourth-order valence-corrected chi connectivity index (χ4v) is 2.02. The first-order valence-electron chi connectivity index (χ1n) is 7.88. The van der Waals surface area contributed by atoms with E-state index in [0.29, 0.717) is 11.8 Å². The number of nitrogens with one attached hydrogen (secondary N) is 1. The largest absolute Gasteiger partial charge is 0.421 e. The maximum Gasteiger partial charge on any atom is 0.254 e. The maximum absolute atomic E-state index is 9.25. The lowest BCUT2D eigenvalue weighted by molar-refractivity contribution is 0.394. The van der Waals surface area contributed by atoms with Crippen molar-refractivity contribution < 1.29 is 4.42 Å². The normalized spacial score (nSPS) is 11.5. The fourth-order valence-electron chi connectivity index (χ4n) is 2.02. The van der Waals surface area contributed by atoms with E-state index in [9.17, 15) is 5.26 Å². The molecule has 2 aromatic rings. The second-order valence-electron chi connectivity index (χ2n) is 6.46. The smallest absolute Gasteiger partial charge is 0.254 e. The highest BCUT2D eigenvalue weighted by Gasteiger charge is 2.25. The summed E-state index contributed by atoms with van der Waals surface area (Å²) in [6.45, 7) is 8.89. The summed E-state index contributed by atoms with van der Waals surface area (Å²) in [5.74, 6) is 0.869. The number of aromatic nitrogens is 1. The van der Waals surface area contributed by atoms with Crippen LogP contribution >= 0.6 is 0 Å². The molecule has 1 N–H and O–H groups in total. The van der Waals surface area contributed by atoms with Gasteiger partial charge in [0.15, 0.2) is 0 Å². The van der Waals surface area contributed by atoms with Crippen molar-refractivity contribution in [1.82, 2.24) is 4.98 Å². The number of nitrogens with zero attached hydrogens (tertiary/aromatic N) is 4. The molecule has 2 rings (SSSR count). The standard InChI is InChI=1S/C18H23N5O/c1-6-20-14-9-7-13(8-10-14)12-21-23(5)16-15(11-19)22-17(24-16)18(2,3)4/h7-10,12,20H,6H2,1-5H3. The summed E-state index contributed by atoms with van der Waals surface area (Å²) in [5, 5.41) is 18.4. The number of oxazole rings is 1. The summed E-state index contributed by atoms with van der Waals surface area (Å²) in [6.07, 6.45) is 1.72. The Hall–Kier alpha value is -2.81. The van der Waals surface area contributed by atoms with Crippen molar-refractivity contribution in [3.63, 3.8) is 0 Å². The molecule has 1 aromatic heterocycles. The Kier molecular flexibility index (Phi) is 5.24. The van der Waals surface area contributed by atoms with Crippen molar-refractivity contribution in [2.75, 3.05) is 23.9 Å². The molecule has 0 aliphatic carbocycles. The summed E-state index contributed by atoms with van der Waals surface area (Å²) in [6, 6.07) is 10.0. The lowest BCUT2D eigenvalue weighted by atomic mass is 9.97. The molecule has 6 nitrogen and oxygen atoms in total. The third-order valence-corrected chi connectivity index (χ3v) is 3.32. The molecule has 1 heterocycles. The van der Waals surface area contributed by atoms with E-state index < -0.39 is 0 Å². The van der Waals surface area contributed by atoms with Crippen LogP contribution in [0.5, 0.6) is 0 Å². The van der Waals surface area contributed by atoms with E-state index in [2.05, 4.69) is 28.4 Å². The number of rotatable bonds is 5. The number of hydrogen-bond donors (Lipinski definition) is 1. The lowest BCUT2D eigenvalue weighted by Gasteiger charge is -2.13. The first kappa shape index (κ1) is 17.5. The zero-order valence-electron chi connectivity index (χ0n) is 14.8. The van der Waals surface area contributed by atoms with Gasteiger partial charge in [0.1, 0.15) is 6.07 Å². The van der Waals surface area contributed by atoms with Crippen molar-refractivity contribution in [2.45, 2.75) is 33.1 Å². The van der Waals surface area contributed by atoms with Gasteiger partial charge in [-0.3, -0.25) is 0 Å². The summed E-state index contributed by atoms with van der Waals surface area (Å²) >= 11 is 0. The highest BCUT2D eigenvalue weighted by atomic mass is 16.4. The van der Waals surface area contributed by atoms with Gasteiger partial charge in [-0.2, -0.15) is 15.3 Å². The second kappa shape index (κ2) is 7.18. The van der Waals surface area contributed by atoms with Crippen LogP contribution in [0.4, 0.5) is 11.6 Å². The topological polar surface area (TPSA) is 77.5 Å². The molecule has 0 fully saturated rings. The molecule has 0 saturated heterocycles.